The van der Waals surface area contributed by atoms with Crippen LogP contribution in [0.3, 0.4) is 0 Å². The lowest BCUT2D eigenvalue weighted by atomic mass is 9.78. The van der Waals surface area contributed by atoms with Crippen LogP contribution >= 0.6 is 0 Å². The molecule has 2 aliphatic rings. The van der Waals surface area contributed by atoms with Crippen molar-refractivity contribution in [1.82, 2.24) is 0 Å². The maximum absolute atomic E-state index is 2.55. The zero-order chi connectivity index (χ0) is 23.8. The number of unbranched alkanes of at least 4 members (excludes halogenated alkanes) is 4. The van der Waals surface area contributed by atoms with Gasteiger partial charge in [-0.05, 0) is 86.2 Å². The normalized spacial score (nSPS) is 25.7. The number of aryl methyl sites for hydroxylation is 2. The molecule has 3 rings (SSSR count). The van der Waals surface area contributed by atoms with E-state index in [-0.39, 0.29) is 0 Å². The van der Waals surface area contributed by atoms with Crippen LogP contribution in [0.5, 0.6) is 0 Å². The van der Waals surface area contributed by atoms with Crippen LogP contribution < -0.4 is 0 Å². The van der Waals surface area contributed by atoms with E-state index < -0.39 is 0 Å². The summed E-state index contributed by atoms with van der Waals surface area (Å²) < 4.78 is 0. The van der Waals surface area contributed by atoms with Crippen LogP contribution in [0.4, 0.5) is 0 Å². The Hall–Kier alpha value is -1.04. The second kappa shape index (κ2) is 16.6. The standard InChI is InChI=1S/C34H56/c1-3-5-7-11-29-15-17-31(18-16-29)13-9-10-14-32-21-25-34(26-22-32)28-27-33-23-19-30(20-24-33)12-8-6-4-2/h9,13,21-22,25-26,29-31,33H,3-8,10-12,14-20,23-24,27-28H2,1-2H3/t29-,30-,31-,33-. The number of rotatable bonds is 15. The average molecular weight is 465 g/mol. The molecule has 0 bridgehead atoms. The molecule has 0 aromatic heterocycles. The van der Waals surface area contributed by atoms with Crippen molar-refractivity contribution in [3.63, 3.8) is 0 Å². The second-order valence-corrected chi connectivity index (χ2v) is 12.0. The molecule has 0 heteroatoms. The lowest BCUT2D eigenvalue weighted by molar-refractivity contribution is 0.249. The smallest absolute Gasteiger partial charge is 0.0233 e. The highest BCUT2D eigenvalue weighted by molar-refractivity contribution is 5.23. The summed E-state index contributed by atoms with van der Waals surface area (Å²) in [5.41, 5.74) is 3.07. The lowest BCUT2D eigenvalue weighted by Crippen LogP contribution is -2.15. The molecule has 1 aromatic rings. The molecule has 2 fully saturated rings. The summed E-state index contributed by atoms with van der Waals surface area (Å²) in [4.78, 5) is 0. The third-order valence-electron chi connectivity index (χ3n) is 9.16. The summed E-state index contributed by atoms with van der Waals surface area (Å²) in [7, 11) is 0. The third-order valence-corrected chi connectivity index (χ3v) is 9.16. The topological polar surface area (TPSA) is 0 Å². The fourth-order valence-electron chi connectivity index (χ4n) is 6.63. The minimum atomic E-state index is 0.858. The van der Waals surface area contributed by atoms with Gasteiger partial charge in [0.25, 0.3) is 0 Å². The third kappa shape index (κ3) is 10.7. The zero-order valence-corrected chi connectivity index (χ0v) is 22.9. The quantitative estimate of drug-likeness (QED) is 0.179. The highest BCUT2D eigenvalue weighted by Gasteiger charge is 2.21. The van der Waals surface area contributed by atoms with E-state index in [0.717, 1.165) is 23.7 Å². The van der Waals surface area contributed by atoms with Gasteiger partial charge in [0.2, 0.25) is 0 Å². The first-order valence-electron chi connectivity index (χ1n) is 15.5. The second-order valence-electron chi connectivity index (χ2n) is 12.0. The molecule has 0 aliphatic heterocycles. The van der Waals surface area contributed by atoms with Crippen molar-refractivity contribution in [2.24, 2.45) is 23.7 Å². The van der Waals surface area contributed by atoms with E-state index in [1.165, 1.54) is 134 Å². The first-order valence-corrected chi connectivity index (χ1v) is 15.5. The van der Waals surface area contributed by atoms with Gasteiger partial charge in [0.05, 0.1) is 0 Å². The Kier molecular flexibility index (Phi) is 13.4. The van der Waals surface area contributed by atoms with E-state index in [1.54, 1.807) is 5.56 Å². The van der Waals surface area contributed by atoms with Gasteiger partial charge in [0.15, 0.2) is 0 Å². The number of hydrogen-bond acceptors (Lipinski definition) is 0. The van der Waals surface area contributed by atoms with Crippen molar-refractivity contribution in [1.29, 1.82) is 0 Å². The van der Waals surface area contributed by atoms with E-state index in [1.807, 2.05) is 0 Å². The van der Waals surface area contributed by atoms with E-state index in [2.05, 4.69) is 50.3 Å². The van der Waals surface area contributed by atoms with Crippen molar-refractivity contribution in [2.45, 2.75) is 142 Å². The van der Waals surface area contributed by atoms with Gasteiger partial charge < -0.3 is 0 Å². The molecule has 34 heavy (non-hydrogen) atoms. The molecule has 2 aliphatic carbocycles. The Morgan fingerprint density at radius 1 is 0.588 bits per heavy atom. The summed E-state index contributed by atoms with van der Waals surface area (Å²) in [6.45, 7) is 4.64. The molecule has 2 saturated carbocycles. The van der Waals surface area contributed by atoms with E-state index in [0.29, 0.717) is 0 Å². The summed E-state index contributed by atoms with van der Waals surface area (Å²) in [6, 6.07) is 9.62. The van der Waals surface area contributed by atoms with Crippen LogP contribution in [-0.4, -0.2) is 0 Å². The summed E-state index contributed by atoms with van der Waals surface area (Å²) in [5, 5.41) is 0. The predicted molar refractivity (Wildman–Crippen MR) is 151 cm³/mol. The van der Waals surface area contributed by atoms with Crippen molar-refractivity contribution >= 4 is 0 Å². The number of benzene rings is 1. The molecule has 0 spiro atoms. The molecule has 192 valence electrons. The molecular weight excluding hydrogens is 408 g/mol. The average Bonchev–Trinajstić information content (AvgIpc) is 2.88. The molecule has 0 nitrogen and oxygen atoms in total. The SMILES string of the molecule is CCCCC[C@H]1CC[C@H](C=CCCc2ccc(CC[C@H]3CC[C@H](CCCCC)CC3)cc2)CC1. The van der Waals surface area contributed by atoms with Gasteiger partial charge in [-0.3, -0.25) is 0 Å². The van der Waals surface area contributed by atoms with Gasteiger partial charge >= 0.3 is 0 Å². The van der Waals surface area contributed by atoms with Crippen LogP contribution in [0.25, 0.3) is 0 Å². The zero-order valence-electron chi connectivity index (χ0n) is 22.9. The van der Waals surface area contributed by atoms with Crippen LogP contribution in [0.1, 0.15) is 141 Å². The lowest BCUT2D eigenvalue weighted by Gasteiger charge is -2.28. The van der Waals surface area contributed by atoms with Crippen LogP contribution in [0.2, 0.25) is 0 Å². The molecule has 0 unspecified atom stereocenters. The van der Waals surface area contributed by atoms with Gasteiger partial charge in [-0.2, -0.15) is 0 Å². The summed E-state index contributed by atoms with van der Waals surface area (Å²) >= 11 is 0. The maximum atomic E-state index is 2.55. The fourth-order valence-corrected chi connectivity index (χ4v) is 6.63. The van der Waals surface area contributed by atoms with Crippen molar-refractivity contribution in [3.8, 4) is 0 Å². The highest BCUT2D eigenvalue weighted by Crippen LogP contribution is 2.35. The van der Waals surface area contributed by atoms with Gasteiger partial charge in [-0.15, -0.1) is 0 Å². The molecule has 0 N–H and O–H groups in total. The van der Waals surface area contributed by atoms with Crippen LogP contribution in [0.15, 0.2) is 36.4 Å². The minimum Gasteiger partial charge on any atom is -0.0879 e. The Morgan fingerprint density at radius 2 is 1.06 bits per heavy atom. The monoisotopic (exact) mass is 464 g/mol. The molecule has 0 amide bonds. The van der Waals surface area contributed by atoms with Crippen molar-refractivity contribution in [2.75, 3.05) is 0 Å². The maximum Gasteiger partial charge on any atom is -0.0233 e. The minimum absolute atomic E-state index is 0.858. The van der Waals surface area contributed by atoms with Crippen LogP contribution in [0, 0.1) is 23.7 Å². The predicted octanol–water partition coefficient (Wildman–Crippen LogP) is 10.9. The van der Waals surface area contributed by atoms with Gasteiger partial charge in [-0.1, -0.05) is 127 Å². The van der Waals surface area contributed by atoms with Crippen molar-refractivity contribution < 1.29 is 0 Å². The summed E-state index contributed by atoms with van der Waals surface area (Å²) in [5.74, 6) is 3.91. The van der Waals surface area contributed by atoms with E-state index in [9.17, 15) is 0 Å². The van der Waals surface area contributed by atoms with E-state index >= 15 is 0 Å². The number of hydrogen-bond donors (Lipinski definition) is 0. The van der Waals surface area contributed by atoms with Gasteiger partial charge in [-0.25, -0.2) is 0 Å². The first kappa shape index (κ1) is 27.5. The van der Waals surface area contributed by atoms with Crippen LogP contribution in [-0.2, 0) is 12.8 Å². The van der Waals surface area contributed by atoms with Gasteiger partial charge in [0.1, 0.15) is 0 Å². The largest absolute Gasteiger partial charge is 0.0879 e. The Bertz CT molecular complexity index is 637. The van der Waals surface area contributed by atoms with E-state index in [4.69, 9.17) is 0 Å². The Morgan fingerprint density at radius 3 is 1.59 bits per heavy atom. The molecule has 0 saturated heterocycles. The molecule has 0 atom stereocenters. The molecular formula is C34H56. The highest BCUT2D eigenvalue weighted by atomic mass is 14.3. The number of allylic oxidation sites excluding steroid dienone is 2. The fraction of sp³-hybridized carbons (Fsp3) is 0.765. The summed E-state index contributed by atoms with van der Waals surface area (Å²) in [6.07, 6.45) is 33.4. The Labute approximate surface area is 213 Å². The molecule has 0 heterocycles. The molecule has 1 aromatic carbocycles. The molecule has 0 radical (unpaired) electrons. The van der Waals surface area contributed by atoms with Crippen molar-refractivity contribution in [3.05, 3.63) is 47.5 Å². The first-order chi connectivity index (χ1) is 16.8. The Balaban J connectivity index is 1.25. The van der Waals surface area contributed by atoms with Gasteiger partial charge in [0, 0.05) is 0 Å².